The lowest BCUT2D eigenvalue weighted by Crippen LogP contribution is -2.27. The number of benzene rings is 1. The Morgan fingerprint density at radius 1 is 1.20 bits per heavy atom. The molecule has 2 rings (SSSR count). The highest BCUT2D eigenvalue weighted by Gasteiger charge is 2.29. The van der Waals surface area contributed by atoms with E-state index >= 15 is 0 Å². The van der Waals surface area contributed by atoms with E-state index in [1.165, 1.54) is 6.92 Å². The molecule has 1 heterocycles. The van der Waals surface area contributed by atoms with Crippen LogP contribution in [0.25, 0.3) is 0 Å². The predicted octanol–water partition coefficient (Wildman–Crippen LogP) is 3.08. The molecule has 1 unspecified atom stereocenters. The van der Waals surface area contributed by atoms with Gasteiger partial charge in [0.2, 0.25) is 11.7 Å². The Labute approximate surface area is 136 Å². The first-order chi connectivity index (χ1) is 11.7. The van der Waals surface area contributed by atoms with Crippen LogP contribution in [0.4, 0.5) is 33.3 Å². The molecule has 1 N–H and O–H groups in total. The summed E-state index contributed by atoms with van der Waals surface area (Å²) in [5.74, 6) is -12.3. The smallest absolute Gasteiger partial charge is 0.307 e. The molecule has 0 saturated heterocycles. The van der Waals surface area contributed by atoms with E-state index in [1.54, 1.807) is 5.32 Å². The highest BCUT2D eigenvalue weighted by Crippen LogP contribution is 2.28. The Bertz CT molecular complexity index is 825. The van der Waals surface area contributed by atoms with Crippen LogP contribution in [0.15, 0.2) is 12.4 Å². The first-order valence-electron chi connectivity index (χ1n) is 6.69. The predicted molar refractivity (Wildman–Crippen MR) is 73.1 cm³/mol. The molecule has 0 aliphatic heterocycles. The number of anilines is 1. The van der Waals surface area contributed by atoms with Crippen LogP contribution in [0, 0.1) is 39.2 Å². The van der Waals surface area contributed by atoms with Gasteiger partial charge in [0, 0.05) is 0 Å². The van der Waals surface area contributed by atoms with Gasteiger partial charge in [0.1, 0.15) is 24.1 Å². The summed E-state index contributed by atoms with van der Waals surface area (Å²) in [6.45, 7) is 1.45. The summed E-state index contributed by atoms with van der Waals surface area (Å²) in [6.07, 6.45) is 1.71. The highest BCUT2D eigenvalue weighted by molar-refractivity contribution is 5.94. The SMILES string of the molecule is CCC(C(=O)Nc1c(F)c(F)c(F)c(F)c1F)n1cc([N+](=O)[O-])cn1. The van der Waals surface area contributed by atoms with Crippen molar-refractivity contribution in [1.29, 1.82) is 0 Å². The van der Waals surface area contributed by atoms with Crippen LogP contribution < -0.4 is 5.32 Å². The van der Waals surface area contributed by atoms with Crippen molar-refractivity contribution in [2.45, 2.75) is 19.4 Å². The van der Waals surface area contributed by atoms with Crippen LogP contribution >= 0.6 is 0 Å². The van der Waals surface area contributed by atoms with Gasteiger partial charge in [0.05, 0.1) is 4.92 Å². The quantitative estimate of drug-likeness (QED) is 0.290. The number of hydrogen-bond acceptors (Lipinski definition) is 4. The number of rotatable bonds is 5. The van der Waals surface area contributed by atoms with Crippen molar-refractivity contribution in [3.63, 3.8) is 0 Å². The average molecular weight is 364 g/mol. The van der Waals surface area contributed by atoms with Gasteiger partial charge in [0.25, 0.3) is 0 Å². The summed E-state index contributed by atoms with van der Waals surface area (Å²) in [4.78, 5) is 22.0. The first-order valence-corrected chi connectivity index (χ1v) is 6.69. The summed E-state index contributed by atoms with van der Waals surface area (Å²) < 4.78 is 67.3. The number of aromatic nitrogens is 2. The summed E-state index contributed by atoms with van der Waals surface area (Å²) in [5, 5.41) is 15.8. The molecule has 0 aliphatic rings. The fraction of sp³-hybridized carbons (Fsp3) is 0.231. The molecular weight excluding hydrogens is 355 g/mol. The van der Waals surface area contributed by atoms with Crippen molar-refractivity contribution in [3.05, 3.63) is 51.6 Å². The van der Waals surface area contributed by atoms with Crippen molar-refractivity contribution in [2.24, 2.45) is 0 Å². The average Bonchev–Trinajstić information content (AvgIpc) is 3.06. The molecule has 7 nitrogen and oxygen atoms in total. The molecule has 0 radical (unpaired) electrons. The third-order valence-electron chi connectivity index (χ3n) is 3.27. The number of nitro groups is 1. The molecule has 1 aromatic carbocycles. The van der Waals surface area contributed by atoms with Gasteiger partial charge in [-0.15, -0.1) is 0 Å². The Morgan fingerprint density at radius 3 is 2.16 bits per heavy atom. The molecular formula is C13H9F5N4O3. The van der Waals surface area contributed by atoms with Gasteiger partial charge >= 0.3 is 5.69 Å². The van der Waals surface area contributed by atoms with E-state index < -0.39 is 57.3 Å². The van der Waals surface area contributed by atoms with Crippen LogP contribution in [-0.4, -0.2) is 20.6 Å². The maximum absolute atomic E-state index is 13.6. The Hall–Kier alpha value is -3.05. The molecule has 25 heavy (non-hydrogen) atoms. The van der Waals surface area contributed by atoms with E-state index in [1.807, 2.05) is 0 Å². The minimum absolute atomic E-state index is 0.0277. The molecule has 12 heteroatoms. The van der Waals surface area contributed by atoms with Crippen molar-refractivity contribution in [1.82, 2.24) is 9.78 Å². The summed E-state index contributed by atoms with van der Waals surface area (Å²) in [7, 11) is 0. The van der Waals surface area contributed by atoms with Gasteiger partial charge in [0.15, 0.2) is 23.3 Å². The number of nitrogens with zero attached hydrogens (tertiary/aromatic N) is 3. The zero-order valence-corrected chi connectivity index (χ0v) is 12.4. The molecule has 134 valence electrons. The number of hydrogen-bond donors (Lipinski definition) is 1. The van der Waals surface area contributed by atoms with Gasteiger partial charge < -0.3 is 5.32 Å². The summed E-state index contributed by atoms with van der Waals surface area (Å²) >= 11 is 0. The van der Waals surface area contributed by atoms with Gasteiger partial charge in [-0.05, 0) is 6.42 Å². The van der Waals surface area contributed by atoms with Crippen LogP contribution in [0.1, 0.15) is 19.4 Å². The Kier molecular flexibility index (Phi) is 4.99. The molecule has 0 saturated carbocycles. The number of amides is 1. The van der Waals surface area contributed by atoms with Crippen LogP contribution in [0.5, 0.6) is 0 Å². The molecule has 2 aromatic rings. The number of carbonyl (C=O) groups excluding carboxylic acids is 1. The van der Waals surface area contributed by atoms with E-state index in [0.717, 1.165) is 17.1 Å². The second-order valence-corrected chi connectivity index (χ2v) is 4.79. The van der Waals surface area contributed by atoms with Gasteiger partial charge in [-0.2, -0.15) is 5.10 Å². The minimum atomic E-state index is -2.36. The van der Waals surface area contributed by atoms with Crippen molar-refractivity contribution < 1.29 is 31.7 Å². The Morgan fingerprint density at radius 2 is 1.72 bits per heavy atom. The third kappa shape index (κ3) is 3.27. The largest absolute Gasteiger partial charge is 0.319 e. The number of nitrogens with one attached hydrogen (secondary N) is 1. The molecule has 0 bridgehead atoms. The zero-order valence-electron chi connectivity index (χ0n) is 12.4. The maximum atomic E-state index is 13.6. The zero-order chi connectivity index (χ0) is 18.9. The lowest BCUT2D eigenvalue weighted by atomic mass is 10.2. The van der Waals surface area contributed by atoms with Crippen LogP contribution in [-0.2, 0) is 4.79 Å². The lowest BCUT2D eigenvalue weighted by molar-refractivity contribution is -0.385. The monoisotopic (exact) mass is 364 g/mol. The van der Waals surface area contributed by atoms with Crippen molar-refractivity contribution in [3.8, 4) is 0 Å². The fourth-order valence-electron chi connectivity index (χ4n) is 2.01. The summed E-state index contributed by atoms with van der Waals surface area (Å²) in [5.41, 5.74) is -1.95. The van der Waals surface area contributed by atoms with E-state index in [0.29, 0.717) is 0 Å². The highest BCUT2D eigenvalue weighted by atomic mass is 19.2. The van der Waals surface area contributed by atoms with Gasteiger partial charge in [-0.1, -0.05) is 6.92 Å². The number of carbonyl (C=O) groups is 1. The standard InChI is InChI=1S/C13H9F5N4O3/c1-2-6(21-4-5(3-19-21)22(24)25)13(23)20-12-10(17)8(15)7(14)9(16)11(12)18/h3-4,6H,2H2,1H3,(H,20,23). The molecule has 1 amide bonds. The van der Waals surface area contributed by atoms with Crippen LogP contribution in [0.3, 0.4) is 0 Å². The summed E-state index contributed by atoms with van der Waals surface area (Å²) in [6, 6.07) is -1.27. The minimum Gasteiger partial charge on any atom is -0.319 e. The molecule has 0 spiro atoms. The van der Waals surface area contributed by atoms with Crippen molar-refractivity contribution in [2.75, 3.05) is 5.32 Å². The molecule has 1 aromatic heterocycles. The van der Waals surface area contributed by atoms with E-state index in [9.17, 15) is 36.9 Å². The Balaban J connectivity index is 2.36. The van der Waals surface area contributed by atoms with E-state index in [2.05, 4.69) is 5.10 Å². The van der Waals surface area contributed by atoms with Crippen molar-refractivity contribution >= 4 is 17.3 Å². The molecule has 0 fully saturated rings. The number of halogens is 5. The maximum Gasteiger partial charge on any atom is 0.307 e. The van der Waals surface area contributed by atoms with Gasteiger partial charge in [-0.25, -0.2) is 22.0 Å². The molecule has 1 atom stereocenters. The third-order valence-corrected chi connectivity index (χ3v) is 3.27. The van der Waals surface area contributed by atoms with E-state index in [-0.39, 0.29) is 6.42 Å². The first kappa shape index (κ1) is 18.3. The van der Waals surface area contributed by atoms with Crippen LogP contribution in [0.2, 0.25) is 0 Å². The lowest BCUT2D eigenvalue weighted by Gasteiger charge is -2.16. The topological polar surface area (TPSA) is 90.1 Å². The normalized spacial score (nSPS) is 12.1. The second kappa shape index (κ2) is 6.83. The van der Waals surface area contributed by atoms with E-state index in [4.69, 9.17) is 0 Å². The second-order valence-electron chi connectivity index (χ2n) is 4.79. The molecule has 0 aliphatic carbocycles. The van der Waals surface area contributed by atoms with Gasteiger partial charge in [-0.3, -0.25) is 19.6 Å². The fourth-order valence-corrected chi connectivity index (χ4v) is 2.01.